The van der Waals surface area contributed by atoms with Crippen molar-refractivity contribution in [2.24, 2.45) is 0 Å². The van der Waals surface area contributed by atoms with Gasteiger partial charge in [0.1, 0.15) is 0 Å². The third-order valence-corrected chi connectivity index (χ3v) is 3.50. The number of carboxylic acids is 1. The van der Waals surface area contributed by atoms with Crippen molar-refractivity contribution in [1.82, 2.24) is 4.98 Å². The molecule has 1 aromatic carbocycles. The maximum Gasteiger partial charge on any atom is 0.328 e. The molecule has 0 bridgehead atoms. The molecule has 21 heavy (non-hydrogen) atoms. The monoisotopic (exact) mass is 302 g/mol. The number of aromatic nitrogens is 1. The number of aryl methyl sites for hydroxylation is 2. The fourth-order valence-electron chi connectivity index (χ4n) is 1.85. The lowest BCUT2D eigenvalue weighted by atomic mass is 10.1. The van der Waals surface area contributed by atoms with Gasteiger partial charge in [0, 0.05) is 22.7 Å². The smallest absolute Gasteiger partial charge is 0.328 e. The Kier molecular flexibility index (Phi) is 4.49. The molecule has 0 aliphatic rings. The second kappa shape index (κ2) is 6.32. The van der Waals surface area contributed by atoms with Crippen molar-refractivity contribution in [2.45, 2.75) is 13.8 Å². The van der Waals surface area contributed by atoms with E-state index < -0.39 is 5.97 Å². The molecule has 0 aliphatic carbocycles. The standard InChI is InChI=1S/C15H14N2O3S/c1-9-5-10(2)7-11(6-9)14(20)17-15-16-8-12(21-15)3-4-13(18)19/h3-8H,1-2H3,(H,18,19)(H,16,17,20). The van der Waals surface area contributed by atoms with Gasteiger partial charge in [0.05, 0.1) is 0 Å². The number of amides is 1. The van der Waals surface area contributed by atoms with Crippen molar-refractivity contribution in [3.8, 4) is 0 Å². The molecule has 5 nitrogen and oxygen atoms in total. The zero-order valence-corrected chi connectivity index (χ0v) is 12.4. The summed E-state index contributed by atoms with van der Waals surface area (Å²) in [6.45, 7) is 3.87. The molecule has 0 unspecified atom stereocenters. The topological polar surface area (TPSA) is 79.3 Å². The van der Waals surface area contributed by atoms with Crippen LogP contribution in [-0.2, 0) is 4.79 Å². The predicted octanol–water partition coefficient (Wildman–Crippen LogP) is 3.11. The normalized spacial score (nSPS) is 10.8. The number of nitrogens with zero attached hydrogens (tertiary/aromatic N) is 1. The lowest BCUT2D eigenvalue weighted by molar-refractivity contribution is -0.131. The minimum atomic E-state index is -1.02. The Morgan fingerprint density at radius 3 is 2.52 bits per heavy atom. The second-order valence-electron chi connectivity index (χ2n) is 4.57. The molecule has 108 valence electrons. The number of benzene rings is 1. The van der Waals surface area contributed by atoms with Gasteiger partial charge >= 0.3 is 5.97 Å². The Hall–Kier alpha value is -2.47. The van der Waals surface area contributed by atoms with Gasteiger partial charge in [-0.05, 0) is 32.1 Å². The third kappa shape index (κ3) is 4.25. The highest BCUT2D eigenvalue weighted by Crippen LogP contribution is 2.20. The Morgan fingerprint density at radius 2 is 1.90 bits per heavy atom. The molecule has 0 saturated carbocycles. The predicted molar refractivity (Wildman–Crippen MR) is 82.7 cm³/mol. The molecule has 1 aromatic heterocycles. The highest BCUT2D eigenvalue weighted by atomic mass is 32.1. The van der Waals surface area contributed by atoms with Gasteiger partial charge in [0.25, 0.3) is 5.91 Å². The number of aliphatic carboxylic acids is 1. The molecule has 6 heteroatoms. The van der Waals surface area contributed by atoms with E-state index >= 15 is 0 Å². The highest BCUT2D eigenvalue weighted by Gasteiger charge is 2.09. The summed E-state index contributed by atoms with van der Waals surface area (Å²) in [6.07, 6.45) is 3.98. The van der Waals surface area contributed by atoms with Gasteiger partial charge in [-0.2, -0.15) is 0 Å². The Balaban J connectivity index is 2.11. The quantitative estimate of drug-likeness (QED) is 0.850. The van der Waals surface area contributed by atoms with Crippen LogP contribution in [0.15, 0.2) is 30.5 Å². The molecule has 0 radical (unpaired) electrons. The molecule has 1 amide bonds. The number of hydrogen-bond acceptors (Lipinski definition) is 4. The maximum absolute atomic E-state index is 12.1. The van der Waals surface area contributed by atoms with Gasteiger partial charge in [-0.15, -0.1) is 0 Å². The number of carboxylic acid groups (broad SMARTS) is 1. The first kappa shape index (κ1) is 14.9. The van der Waals surface area contributed by atoms with E-state index in [9.17, 15) is 9.59 Å². The summed E-state index contributed by atoms with van der Waals surface area (Å²) in [6, 6.07) is 5.61. The minimum absolute atomic E-state index is 0.232. The summed E-state index contributed by atoms with van der Waals surface area (Å²) in [5.41, 5.74) is 2.61. The van der Waals surface area contributed by atoms with E-state index in [-0.39, 0.29) is 5.91 Å². The molecule has 1 heterocycles. The maximum atomic E-state index is 12.1. The minimum Gasteiger partial charge on any atom is -0.478 e. The first-order chi connectivity index (χ1) is 9.94. The molecular weight excluding hydrogens is 288 g/mol. The average Bonchev–Trinajstić information content (AvgIpc) is 2.83. The molecular formula is C15H14N2O3S. The zero-order valence-electron chi connectivity index (χ0n) is 11.6. The summed E-state index contributed by atoms with van der Waals surface area (Å²) < 4.78 is 0. The highest BCUT2D eigenvalue weighted by molar-refractivity contribution is 7.16. The van der Waals surface area contributed by atoms with E-state index in [1.54, 1.807) is 12.1 Å². The van der Waals surface area contributed by atoms with Crippen molar-refractivity contribution in [3.05, 3.63) is 52.0 Å². The van der Waals surface area contributed by atoms with Crippen LogP contribution < -0.4 is 5.32 Å². The van der Waals surface area contributed by atoms with E-state index in [2.05, 4.69) is 10.3 Å². The molecule has 2 N–H and O–H groups in total. The van der Waals surface area contributed by atoms with Gasteiger partial charge in [-0.25, -0.2) is 9.78 Å². The number of carbonyl (C=O) groups excluding carboxylic acids is 1. The molecule has 0 atom stereocenters. The van der Waals surface area contributed by atoms with Crippen molar-refractivity contribution >= 4 is 34.4 Å². The summed E-state index contributed by atoms with van der Waals surface area (Å²) >= 11 is 1.21. The summed E-state index contributed by atoms with van der Waals surface area (Å²) in [4.78, 5) is 27.3. The van der Waals surface area contributed by atoms with Crippen LogP contribution in [0.2, 0.25) is 0 Å². The Bertz CT molecular complexity index is 699. The molecule has 0 fully saturated rings. The van der Waals surface area contributed by atoms with Crippen molar-refractivity contribution in [2.75, 3.05) is 5.32 Å². The SMILES string of the molecule is Cc1cc(C)cc(C(=O)Nc2ncc(C=CC(=O)O)s2)c1. The van der Waals surface area contributed by atoms with Gasteiger partial charge in [0.15, 0.2) is 5.13 Å². The van der Waals surface area contributed by atoms with E-state index in [0.717, 1.165) is 17.2 Å². The van der Waals surface area contributed by atoms with Crippen LogP contribution in [0.5, 0.6) is 0 Å². The van der Waals surface area contributed by atoms with Crippen LogP contribution in [0.1, 0.15) is 26.4 Å². The molecule has 2 aromatic rings. The third-order valence-electron chi connectivity index (χ3n) is 2.62. The van der Waals surface area contributed by atoms with Crippen molar-refractivity contribution < 1.29 is 14.7 Å². The van der Waals surface area contributed by atoms with Crippen LogP contribution >= 0.6 is 11.3 Å². The van der Waals surface area contributed by atoms with E-state index in [1.165, 1.54) is 23.6 Å². The van der Waals surface area contributed by atoms with E-state index in [1.807, 2.05) is 19.9 Å². The first-order valence-corrected chi connectivity index (χ1v) is 7.02. The van der Waals surface area contributed by atoms with Crippen LogP contribution in [0.25, 0.3) is 6.08 Å². The first-order valence-electron chi connectivity index (χ1n) is 6.20. The van der Waals surface area contributed by atoms with Gasteiger partial charge in [-0.1, -0.05) is 28.5 Å². The fraction of sp³-hybridized carbons (Fsp3) is 0.133. The average molecular weight is 302 g/mol. The number of hydrogen-bond donors (Lipinski definition) is 2. The van der Waals surface area contributed by atoms with Gasteiger partial charge in [-0.3, -0.25) is 10.1 Å². The fourth-order valence-corrected chi connectivity index (χ4v) is 2.56. The molecule has 0 spiro atoms. The molecule has 0 aliphatic heterocycles. The van der Waals surface area contributed by atoms with Crippen LogP contribution in [0, 0.1) is 13.8 Å². The van der Waals surface area contributed by atoms with Crippen molar-refractivity contribution in [1.29, 1.82) is 0 Å². The van der Waals surface area contributed by atoms with Crippen molar-refractivity contribution in [3.63, 3.8) is 0 Å². The number of nitrogens with one attached hydrogen (secondary N) is 1. The Morgan fingerprint density at radius 1 is 1.24 bits per heavy atom. The number of thiazole rings is 1. The second-order valence-corrected chi connectivity index (χ2v) is 5.63. The summed E-state index contributed by atoms with van der Waals surface area (Å²) in [7, 11) is 0. The lowest BCUT2D eigenvalue weighted by Crippen LogP contribution is -2.12. The lowest BCUT2D eigenvalue weighted by Gasteiger charge is -2.04. The number of rotatable bonds is 4. The molecule has 0 saturated heterocycles. The zero-order chi connectivity index (χ0) is 15.4. The Labute approximate surface area is 126 Å². The van der Waals surface area contributed by atoms with E-state index in [0.29, 0.717) is 15.6 Å². The van der Waals surface area contributed by atoms with Gasteiger partial charge in [0.2, 0.25) is 0 Å². The van der Waals surface area contributed by atoms with E-state index in [4.69, 9.17) is 5.11 Å². The van der Waals surface area contributed by atoms with Crippen LogP contribution in [0.4, 0.5) is 5.13 Å². The summed E-state index contributed by atoms with van der Waals surface area (Å²) in [5.74, 6) is -1.26. The summed E-state index contributed by atoms with van der Waals surface area (Å²) in [5, 5.41) is 11.7. The van der Waals surface area contributed by atoms with Crippen LogP contribution in [0.3, 0.4) is 0 Å². The van der Waals surface area contributed by atoms with Gasteiger partial charge < -0.3 is 5.11 Å². The number of anilines is 1. The largest absolute Gasteiger partial charge is 0.478 e. The molecule has 2 rings (SSSR count). The van der Waals surface area contributed by atoms with Crippen LogP contribution in [-0.4, -0.2) is 22.0 Å². The number of carbonyl (C=O) groups is 2.